The minimum absolute atomic E-state index is 0.117. The predicted octanol–water partition coefficient (Wildman–Crippen LogP) is 2.01. The Balaban J connectivity index is 4.14. The number of carbonyl (C=O) groups excluding carboxylic acids is 1. The van der Waals surface area contributed by atoms with E-state index in [1.807, 2.05) is 6.92 Å². The quantitative estimate of drug-likeness (QED) is 0.694. The number of hydrogen-bond donors (Lipinski definition) is 0. The molecule has 4 heteroatoms. The summed E-state index contributed by atoms with van der Waals surface area (Å²) in [6.07, 6.45) is -0.460. The van der Waals surface area contributed by atoms with Gasteiger partial charge in [-0.3, -0.25) is 0 Å². The van der Waals surface area contributed by atoms with Gasteiger partial charge in [-0.2, -0.15) is 5.26 Å². The van der Waals surface area contributed by atoms with Crippen molar-refractivity contribution in [1.82, 2.24) is 4.90 Å². The zero-order valence-electron chi connectivity index (χ0n) is 9.28. The van der Waals surface area contributed by atoms with Crippen molar-refractivity contribution in [3.8, 4) is 6.07 Å². The zero-order valence-corrected chi connectivity index (χ0v) is 9.28. The van der Waals surface area contributed by atoms with Crippen LogP contribution in [0.2, 0.25) is 0 Å². The van der Waals surface area contributed by atoms with E-state index in [-0.39, 0.29) is 18.1 Å². The van der Waals surface area contributed by atoms with Crippen LogP contribution in [-0.4, -0.2) is 30.2 Å². The summed E-state index contributed by atoms with van der Waals surface area (Å²) in [4.78, 5) is 13.0. The summed E-state index contributed by atoms with van der Waals surface area (Å²) in [5.41, 5.74) is 0. The van der Waals surface area contributed by atoms with E-state index in [1.165, 1.54) is 4.90 Å². The van der Waals surface area contributed by atoms with Crippen molar-refractivity contribution in [3.63, 3.8) is 0 Å². The molecular formula is C10H18N2O2. The SMILES string of the molecule is CCN(CC(C)C#N)C(=O)OC(C)C. The van der Waals surface area contributed by atoms with E-state index < -0.39 is 0 Å². The smallest absolute Gasteiger partial charge is 0.410 e. The molecule has 0 bridgehead atoms. The number of ether oxygens (including phenoxy) is 1. The molecule has 0 rings (SSSR count). The average Bonchev–Trinajstić information content (AvgIpc) is 2.12. The summed E-state index contributed by atoms with van der Waals surface area (Å²) in [5, 5.41) is 8.61. The number of nitriles is 1. The average molecular weight is 198 g/mol. The molecule has 0 spiro atoms. The molecule has 0 saturated heterocycles. The van der Waals surface area contributed by atoms with E-state index in [9.17, 15) is 4.79 Å². The lowest BCUT2D eigenvalue weighted by molar-refractivity contribution is 0.0762. The second kappa shape index (κ2) is 6.25. The third kappa shape index (κ3) is 4.70. The van der Waals surface area contributed by atoms with E-state index in [0.717, 1.165) is 0 Å². The van der Waals surface area contributed by atoms with Crippen LogP contribution >= 0.6 is 0 Å². The lowest BCUT2D eigenvalue weighted by atomic mass is 10.2. The Hall–Kier alpha value is -1.24. The first-order chi connectivity index (χ1) is 6.51. The molecule has 80 valence electrons. The van der Waals surface area contributed by atoms with Gasteiger partial charge in [-0.25, -0.2) is 4.79 Å². The maximum atomic E-state index is 11.4. The molecule has 0 aromatic heterocycles. The van der Waals surface area contributed by atoms with Gasteiger partial charge in [0.05, 0.1) is 18.1 Å². The minimum atomic E-state index is -0.343. The van der Waals surface area contributed by atoms with Crippen LogP contribution < -0.4 is 0 Å². The van der Waals surface area contributed by atoms with Crippen molar-refractivity contribution >= 4 is 6.09 Å². The maximum absolute atomic E-state index is 11.4. The summed E-state index contributed by atoms with van der Waals surface area (Å²) < 4.78 is 5.03. The Labute approximate surface area is 85.5 Å². The number of amides is 1. The topological polar surface area (TPSA) is 53.3 Å². The van der Waals surface area contributed by atoms with Crippen LogP contribution in [0.25, 0.3) is 0 Å². The van der Waals surface area contributed by atoms with Gasteiger partial charge in [-0.15, -0.1) is 0 Å². The predicted molar refractivity (Wildman–Crippen MR) is 53.6 cm³/mol. The number of carbonyl (C=O) groups is 1. The third-order valence-corrected chi connectivity index (χ3v) is 1.69. The Morgan fingerprint density at radius 1 is 1.50 bits per heavy atom. The molecule has 0 aliphatic heterocycles. The van der Waals surface area contributed by atoms with Crippen molar-refractivity contribution in [2.24, 2.45) is 5.92 Å². The summed E-state index contributed by atoms with van der Waals surface area (Å²) in [6, 6.07) is 2.09. The highest BCUT2D eigenvalue weighted by atomic mass is 16.6. The van der Waals surface area contributed by atoms with Gasteiger partial charge in [0.15, 0.2) is 0 Å². The van der Waals surface area contributed by atoms with Crippen LogP contribution in [0.1, 0.15) is 27.7 Å². The van der Waals surface area contributed by atoms with Crippen LogP contribution in [0.5, 0.6) is 0 Å². The molecule has 0 N–H and O–H groups in total. The Morgan fingerprint density at radius 3 is 2.43 bits per heavy atom. The molecule has 0 aliphatic rings. The Bertz CT molecular complexity index is 221. The van der Waals surface area contributed by atoms with Crippen molar-refractivity contribution in [2.45, 2.75) is 33.8 Å². The van der Waals surface area contributed by atoms with Gasteiger partial charge in [0.25, 0.3) is 0 Å². The number of rotatable bonds is 4. The maximum Gasteiger partial charge on any atom is 0.410 e. The lowest BCUT2D eigenvalue weighted by Gasteiger charge is -2.22. The van der Waals surface area contributed by atoms with Crippen LogP contribution in [0.4, 0.5) is 4.79 Å². The second-order valence-electron chi connectivity index (χ2n) is 3.50. The standard InChI is InChI=1S/C10H18N2O2/c1-5-12(7-9(4)6-11)10(13)14-8(2)3/h8-9H,5,7H2,1-4H3. The van der Waals surface area contributed by atoms with Gasteiger partial charge < -0.3 is 9.64 Å². The largest absolute Gasteiger partial charge is 0.447 e. The molecule has 0 fully saturated rings. The highest BCUT2D eigenvalue weighted by Gasteiger charge is 2.16. The van der Waals surface area contributed by atoms with Crippen molar-refractivity contribution in [3.05, 3.63) is 0 Å². The molecule has 0 aromatic carbocycles. The fraction of sp³-hybridized carbons (Fsp3) is 0.800. The van der Waals surface area contributed by atoms with Gasteiger partial charge in [0, 0.05) is 13.1 Å². The van der Waals surface area contributed by atoms with Crippen LogP contribution in [-0.2, 0) is 4.74 Å². The molecular weight excluding hydrogens is 180 g/mol. The van der Waals surface area contributed by atoms with Crippen LogP contribution in [0.3, 0.4) is 0 Å². The molecule has 1 atom stereocenters. The Morgan fingerprint density at radius 2 is 2.07 bits per heavy atom. The van der Waals surface area contributed by atoms with Gasteiger partial charge in [0.2, 0.25) is 0 Å². The van der Waals surface area contributed by atoms with Gasteiger partial charge in [0.1, 0.15) is 0 Å². The number of hydrogen-bond acceptors (Lipinski definition) is 3. The first-order valence-corrected chi connectivity index (χ1v) is 4.86. The first kappa shape index (κ1) is 12.8. The summed E-state index contributed by atoms with van der Waals surface area (Å²) >= 11 is 0. The molecule has 0 aromatic rings. The van der Waals surface area contributed by atoms with E-state index in [2.05, 4.69) is 6.07 Å². The minimum Gasteiger partial charge on any atom is -0.447 e. The number of nitrogens with zero attached hydrogens (tertiary/aromatic N) is 2. The van der Waals surface area contributed by atoms with E-state index >= 15 is 0 Å². The van der Waals surface area contributed by atoms with Crippen molar-refractivity contribution < 1.29 is 9.53 Å². The molecule has 14 heavy (non-hydrogen) atoms. The molecule has 0 aliphatic carbocycles. The van der Waals surface area contributed by atoms with E-state index in [0.29, 0.717) is 13.1 Å². The second-order valence-corrected chi connectivity index (χ2v) is 3.50. The van der Waals surface area contributed by atoms with E-state index in [4.69, 9.17) is 10.00 Å². The van der Waals surface area contributed by atoms with Crippen LogP contribution in [0.15, 0.2) is 0 Å². The zero-order chi connectivity index (χ0) is 11.1. The van der Waals surface area contributed by atoms with Crippen molar-refractivity contribution in [2.75, 3.05) is 13.1 Å². The fourth-order valence-corrected chi connectivity index (χ4v) is 0.980. The van der Waals surface area contributed by atoms with Gasteiger partial charge in [-0.1, -0.05) is 0 Å². The summed E-state index contributed by atoms with van der Waals surface area (Å²) in [7, 11) is 0. The van der Waals surface area contributed by atoms with Gasteiger partial charge in [-0.05, 0) is 27.7 Å². The summed E-state index contributed by atoms with van der Waals surface area (Å²) in [6.45, 7) is 8.26. The molecule has 1 amide bonds. The first-order valence-electron chi connectivity index (χ1n) is 4.86. The highest BCUT2D eigenvalue weighted by Crippen LogP contribution is 2.02. The normalized spacial score (nSPS) is 12.0. The molecule has 4 nitrogen and oxygen atoms in total. The highest BCUT2D eigenvalue weighted by molar-refractivity contribution is 5.67. The molecule has 0 radical (unpaired) electrons. The van der Waals surface area contributed by atoms with Gasteiger partial charge >= 0.3 is 6.09 Å². The van der Waals surface area contributed by atoms with Crippen molar-refractivity contribution in [1.29, 1.82) is 5.26 Å². The summed E-state index contributed by atoms with van der Waals surface area (Å²) in [5.74, 6) is -0.158. The monoisotopic (exact) mass is 198 g/mol. The van der Waals surface area contributed by atoms with E-state index in [1.54, 1.807) is 20.8 Å². The third-order valence-electron chi connectivity index (χ3n) is 1.69. The van der Waals surface area contributed by atoms with Crippen LogP contribution in [0, 0.1) is 17.2 Å². The molecule has 1 unspecified atom stereocenters. The molecule has 0 saturated carbocycles. The lowest BCUT2D eigenvalue weighted by Crippen LogP contribution is -2.36. The Kier molecular flexibility index (Phi) is 5.70. The molecule has 0 heterocycles. The fourth-order valence-electron chi connectivity index (χ4n) is 0.980.